The fraction of sp³-hybridized carbons (Fsp3) is 0.786. The predicted octanol–water partition coefficient (Wildman–Crippen LogP) is 1.31. The zero-order valence-corrected chi connectivity index (χ0v) is 11.0. The number of epoxide rings is 1. The number of hydrogen-bond acceptors (Lipinski definition) is 5. The summed E-state index contributed by atoms with van der Waals surface area (Å²) in [5.41, 5.74) is 0.564. The van der Waals surface area contributed by atoms with Crippen molar-refractivity contribution in [1.29, 1.82) is 0 Å². The van der Waals surface area contributed by atoms with E-state index >= 15 is 0 Å². The van der Waals surface area contributed by atoms with Crippen LogP contribution in [0.1, 0.15) is 32.1 Å². The van der Waals surface area contributed by atoms with Crippen LogP contribution in [0.4, 0.5) is 0 Å². The first-order valence-corrected chi connectivity index (χ1v) is 7.04. The van der Waals surface area contributed by atoms with Gasteiger partial charge >= 0.3 is 5.97 Å². The molecule has 1 spiro atoms. The molecular weight excluding hydrogens is 248 g/mol. The average Bonchev–Trinajstić information content (AvgIpc) is 3.13. The number of fused-ring (bicyclic) bond motifs is 3. The fourth-order valence-electron chi connectivity index (χ4n) is 3.55. The molecule has 0 aromatic heterocycles. The van der Waals surface area contributed by atoms with Gasteiger partial charge in [0.1, 0.15) is 24.4 Å². The van der Waals surface area contributed by atoms with Gasteiger partial charge in [0.15, 0.2) is 5.79 Å². The Bertz CT molecular complexity index is 437. The lowest BCUT2D eigenvalue weighted by atomic mass is 9.94. The van der Waals surface area contributed by atoms with E-state index in [1.807, 2.05) is 6.08 Å². The summed E-state index contributed by atoms with van der Waals surface area (Å²) in [7, 11) is 1.39. The summed E-state index contributed by atoms with van der Waals surface area (Å²) in [5, 5.41) is 0. The van der Waals surface area contributed by atoms with Gasteiger partial charge in [-0.15, -0.1) is 0 Å². The second-order valence-corrected chi connectivity index (χ2v) is 5.77. The Hall–Kier alpha value is -0.910. The average molecular weight is 266 g/mol. The van der Waals surface area contributed by atoms with E-state index in [0.29, 0.717) is 5.57 Å². The third-order valence-corrected chi connectivity index (χ3v) is 4.56. The van der Waals surface area contributed by atoms with Gasteiger partial charge in [-0.05, 0) is 18.9 Å². The van der Waals surface area contributed by atoms with Gasteiger partial charge < -0.3 is 18.9 Å². The molecule has 0 amide bonds. The maximum absolute atomic E-state index is 11.9. The molecule has 0 unspecified atom stereocenters. The molecule has 0 N–H and O–H groups in total. The molecule has 0 aromatic rings. The fourth-order valence-corrected chi connectivity index (χ4v) is 3.55. The third-order valence-electron chi connectivity index (χ3n) is 4.56. The first kappa shape index (κ1) is 11.9. The minimum Gasteiger partial charge on any atom is -0.466 e. The maximum Gasteiger partial charge on any atom is 0.336 e. The highest BCUT2D eigenvalue weighted by Gasteiger charge is 2.61. The van der Waals surface area contributed by atoms with Crippen LogP contribution in [-0.4, -0.2) is 43.3 Å². The second kappa shape index (κ2) is 4.04. The van der Waals surface area contributed by atoms with Gasteiger partial charge in [-0.25, -0.2) is 4.79 Å². The number of rotatable bonds is 1. The lowest BCUT2D eigenvalue weighted by molar-refractivity contribution is -0.193. The minimum atomic E-state index is -0.498. The van der Waals surface area contributed by atoms with Gasteiger partial charge in [-0.1, -0.05) is 6.42 Å². The molecule has 0 radical (unpaired) electrons. The first-order valence-electron chi connectivity index (χ1n) is 7.04. The zero-order valence-electron chi connectivity index (χ0n) is 11.0. The highest BCUT2D eigenvalue weighted by molar-refractivity contribution is 5.90. The van der Waals surface area contributed by atoms with Crippen LogP contribution in [0.2, 0.25) is 0 Å². The standard InChI is InChI=1S/C14H18O5/c1-16-13(15)8-7-9-11(17-9)12-10(8)18-14(19-12)5-3-2-4-6-14/h7,9-12H,2-6H2,1H3/t9-,10-,11-,12-/m1/s1. The van der Waals surface area contributed by atoms with Crippen molar-refractivity contribution in [3.05, 3.63) is 11.6 Å². The lowest BCUT2D eigenvalue weighted by Gasteiger charge is -2.31. The van der Waals surface area contributed by atoms with E-state index in [9.17, 15) is 4.79 Å². The molecule has 4 rings (SSSR count). The van der Waals surface area contributed by atoms with E-state index in [-0.39, 0.29) is 30.4 Å². The van der Waals surface area contributed by atoms with Crippen molar-refractivity contribution < 1.29 is 23.7 Å². The van der Waals surface area contributed by atoms with E-state index in [4.69, 9.17) is 18.9 Å². The summed E-state index contributed by atoms with van der Waals surface area (Å²) in [6.07, 6.45) is 6.69. The molecule has 4 atom stereocenters. The highest BCUT2D eigenvalue weighted by atomic mass is 16.8. The Kier molecular flexibility index (Phi) is 2.53. The first-order chi connectivity index (χ1) is 9.22. The van der Waals surface area contributed by atoms with Gasteiger partial charge in [0, 0.05) is 12.8 Å². The molecule has 2 aliphatic heterocycles. The smallest absolute Gasteiger partial charge is 0.336 e. The van der Waals surface area contributed by atoms with Crippen molar-refractivity contribution >= 4 is 5.97 Å². The number of hydrogen-bond donors (Lipinski definition) is 0. The van der Waals surface area contributed by atoms with Crippen molar-refractivity contribution in [2.45, 2.75) is 62.3 Å². The van der Waals surface area contributed by atoms with Crippen LogP contribution < -0.4 is 0 Å². The van der Waals surface area contributed by atoms with Crippen molar-refractivity contribution in [2.75, 3.05) is 7.11 Å². The van der Waals surface area contributed by atoms with Gasteiger partial charge in [-0.3, -0.25) is 0 Å². The van der Waals surface area contributed by atoms with Crippen LogP contribution in [0.25, 0.3) is 0 Å². The molecule has 5 heteroatoms. The van der Waals surface area contributed by atoms with Crippen molar-refractivity contribution in [3.8, 4) is 0 Å². The molecule has 1 saturated carbocycles. The summed E-state index contributed by atoms with van der Waals surface area (Å²) in [4.78, 5) is 11.9. The molecule has 104 valence electrons. The number of esters is 1. The molecule has 19 heavy (non-hydrogen) atoms. The van der Waals surface area contributed by atoms with E-state index < -0.39 is 5.79 Å². The summed E-state index contributed by atoms with van der Waals surface area (Å²) in [6.45, 7) is 0. The number of ether oxygens (including phenoxy) is 4. The molecule has 4 aliphatic rings. The van der Waals surface area contributed by atoms with Crippen LogP contribution in [0.15, 0.2) is 11.6 Å². The molecule has 0 aromatic carbocycles. The molecule has 3 fully saturated rings. The Morgan fingerprint density at radius 1 is 1.26 bits per heavy atom. The van der Waals surface area contributed by atoms with Gasteiger partial charge in [0.05, 0.1) is 12.7 Å². The molecule has 2 heterocycles. The Morgan fingerprint density at radius 3 is 2.79 bits per heavy atom. The number of carbonyl (C=O) groups excluding carboxylic acids is 1. The summed E-state index contributed by atoms with van der Waals surface area (Å²) >= 11 is 0. The Balaban J connectivity index is 1.62. The van der Waals surface area contributed by atoms with Gasteiger partial charge in [0.2, 0.25) is 0 Å². The van der Waals surface area contributed by atoms with Crippen LogP contribution in [0.5, 0.6) is 0 Å². The van der Waals surface area contributed by atoms with Crippen LogP contribution in [-0.2, 0) is 23.7 Å². The van der Waals surface area contributed by atoms with Crippen molar-refractivity contribution in [2.24, 2.45) is 0 Å². The van der Waals surface area contributed by atoms with Crippen molar-refractivity contribution in [1.82, 2.24) is 0 Å². The Labute approximate surface area is 111 Å². The maximum atomic E-state index is 11.9. The topological polar surface area (TPSA) is 57.3 Å². The second-order valence-electron chi connectivity index (χ2n) is 5.77. The van der Waals surface area contributed by atoms with E-state index in [2.05, 4.69) is 0 Å². The van der Waals surface area contributed by atoms with Gasteiger partial charge in [0.25, 0.3) is 0 Å². The lowest BCUT2D eigenvalue weighted by Crippen LogP contribution is -2.37. The SMILES string of the molecule is COC(=O)C1=C[C@H]2O[C@H]2[C@@H]2OC3(CCCCC3)O[C@H]12. The largest absolute Gasteiger partial charge is 0.466 e. The quantitative estimate of drug-likeness (QED) is 0.529. The zero-order chi connectivity index (χ0) is 13.0. The molecule has 0 bridgehead atoms. The molecule has 5 nitrogen and oxygen atoms in total. The van der Waals surface area contributed by atoms with Gasteiger partial charge in [-0.2, -0.15) is 0 Å². The highest BCUT2D eigenvalue weighted by Crippen LogP contribution is 2.49. The van der Waals surface area contributed by atoms with E-state index in [1.165, 1.54) is 13.5 Å². The third kappa shape index (κ3) is 1.75. The van der Waals surface area contributed by atoms with Crippen LogP contribution >= 0.6 is 0 Å². The molecular formula is C14H18O5. The number of methoxy groups -OCH3 is 1. The summed E-state index contributed by atoms with van der Waals surface area (Å²) < 4.78 is 22.7. The summed E-state index contributed by atoms with van der Waals surface area (Å²) in [5.74, 6) is -0.831. The minimum absolute atomic E-state index is 0.00214. The molecule has 2 saturated heterocycles. The predicted molar refractivity (Wildman–Crippen MR) is 64.3 cm³/mol. The van der Waals surface area contributed by atoms with Crippen LogP contribution in [0, 0.1) is 0 Å². The monoisotopic (exact) mass is 266 g/mol. The van der Waals surface area contributed by atoms with Crippen LogP contribution in [0.3, 0.4) is 0 Å². The summed E-state index contributed by atoms with van der Waals surface area (Å²) in [6, 6.07) is 0. The molecule has 2 aliphatic carbocycles. The number of carbonyl (C=O) groups is 1. The van der Waals surface area contributed by atoms with E-state index in [1.54, 1.807) is 0 Å². The van der Waals surface area contributed by atoms with E-state index in [0.717, 1.165) is 25.7 Å². The Morgan fingerprint density at radius 2 is 2.05 bits per heavy atom. The van der Waals surface area contributed by atoms with Crippen molar-refractivity contribution in [3.63, 3.8) is 0 Å². The normalized spacial score (nSPS) is 42.3.